The largest absolute Gasteiger partial charge is 0.361 e. The Balaban J connectivity index is 1.96. The maximum absolute atomic E-state index is 5.28. The molecule has 0 aliphatic carbocycles. The van der Waals surface area contributed by atoms with Gasteiger partial charge in [0.25, 0.3) is 0 Å². The van der Waals surface area contributed by atoms with Gasteiger partial charge in [-0.05, 0) is 5.56 Å². The molecule has 1 aromatic rings. The van der Waals surface area contributed by atoms with Gasteiger partial charge in [0.1, 0.15) is 12.2 Å². The van der Waals surface area contributed by atoms with Crippen molar-refractivity contribution in [3.8, 4) is 0 Å². The summed E-state index contributed by atoms with van der Waals surface area (Å²) in [6, 6.07) is 10.2. The van der Waals surface area contributed by atoms with Crippen molar-refractivity contribution < 1.29 is 4.74 Å². The molecule has 1 nitrogen and oxygen atoms in total. The van der Waals surface area contributed by atoms with Crippen LogP contribution in [0.15, 0.2) is 49.1 Å². The summed E-state index contributed by atoms with van der Waals surface area (Å²) in [6.45, 7) is 3.67. The van der Waals surface area contributed by atoms with Crippen LogP contribution in [0.5, 0.6) is 0 Å². The van der Waals surface area contributed by atoms with Crippen molar-refractivity contribution in [1.29, 1.82) is 0 Å². The summed E-state index contributed by atoms with van der Waals surface area (Å²) in [5.74, 6) is 0. The zero-order chi connectivity index (χ0) is 9.10. The standard InChI is InChI=1S/C12H12O/c1-2-11-12(13-11)9-8-10-6-4-3-5-7-10/h2-9,11-12H,1H2/b9-8+. The van der Waals surface area contributed by atoms with E-state index in [0.29, 0.717) is 0 Å². The molecule has 1 heteroatoms. The molecule has 2 atom stereocenters. The molecule has 1 aliphatic heterocycles. The summed E-state index contributed by atoms with van der Waals surface area (Å²) in [5.41, 5.74) is 1.21. The Morgan fingerprint density at radius 3 is 2.54 bits per heavy atom. The monoisotopic (exact) mass is 172 g/mol. The van der Waals surface area contributed by atoms with Gasteiger partial charge in [0, 0.05) is 0 Å². The molecule has 1 aliphatic rings. The van der Waals surface area contributed by atoms with Gasteiger partial charge in [-0.1, -0.05) is 48.6 Å². The van der Waals surface area contributed by atoms with Gasteiger partial charge in [-0.3, -0.25) is 0 Å². The van der Waals surface area contributed by atoms with Gasteiger partial charge < -0.3 is 4.74 Å². The summed E-state index contributed by atoms with van der Waals surface area (Å²) in [6.07, 6.45) is 6.47. The molecule has 13 heavy (non-hydrogen) atoms. The molecule has 0 saturated carbocycles. The van der Waals surface area contributed by atoms with Crippen LogP contribution in [0.25, 0.3) is 6.08 Å². The van der Waals surface area contributed by atoms with E-state index in [1.807, 2.05) is 24.3 Å². The van der Waals surface area contributed by atoms with Crippen LogP contribution in [0.1, 0.15) is 5.56 Å². The number of ether oxygens (including phenoxy) is 1. The van der Waals surface area contributed by atoms with E-state index in [-0.39, 0.29) is 12.2 Å². The SMILES string of the molecule is C=CC1OC1/C=C/c1ccccc1. The van der Waals surface area contributed by atoms with E-state index in [1.165, 1.54) is 5.56 Å². The molecule has 1 aromatic carbocycles. The third kappa shape index (κ3) is 2.07. The molecule has 2 unspecified atom stereocenters. The first-order valence-corrected chi connectivity index (χ1v) is 4.41. The second-order valence-electron chi connectivity index (χ2n) is 3.07. The Kier molecular flexibility index (Phi) is 2.28. The van der Waals surface area contributed by atoms with Crippen LogP contribution in [0, 0.1) is 0 Å². The Labute approximate surface area is 78.3 Å². The van der Waals surface area contributed by atoms with Crippen molar-refractivity contribution in [2.24, 2.45) is 0 Å². The molecule has 1 fully saturated rings. The van der Waals surface area contributed by atoms with Gasteiger partial charge in [0.15, 0.2) is 0 Å². The van der Waals surface area contributed by atoms with Crippen LogP contribution in [0.3, 0.4) is 0 Å². The predicted octanol–water partition coefficient (Wildman–Crippen LogP) is 2.65. The lowest BCUT2D eigenvalue weighted by molar-refractivity contribution is 0.414. The lowest BCUT2D eigenvalue weighted by Crippen LogP contribution is -1.82. The molecular weight excluding hydrogens is 160 g/mol. The van der Waals surface area contributed by atoms with Crippen LogP contribution >= 0.6 is 0 Å². The summed E-state index contributed by atoms with van der Waals surface area (Å²) < 4.78 is 5.28. The number of epoxide rings is 1. The van der Waals surface area contributed by atoms with Crippen molar-refractivity contribution in [3.05, 3.63) is 54.6 Å². The average Bonchev–Trinajstić information content (AvgIpc) is 2.95. The minimum absolute atomic E-state index is 0.236. The molecule has 0 radical (unpaired) electrons. The summed E-state index contributed by atoms with van der Waals surface area (Å²) >= 11 is 0. The van der Waals surface area contributed by atoms with Crippen LogP contribution in [-0.4, -0.2) is 12.2 Å². The van der Waals surface area contributed by atoms with Crippen LogP contribution in [0.2, 0.25) is 0 Å². The molecule has 1 heterocycles. The molecule has 2 rings (SSSR count). The highest BCUT2D eigenvalue weighted by Crippen LogP contribution is 2.24. The third-order valence-corrected chi connectivity index (χ3v) is 2.07. The van der Waals surface area contributed by atoms with Crippen molar-refractivity contribution >= 4 is 6.08 Å². The Morgan fingerprint density at radius 1 is 1.15 bits per heavy atom. The van der Waals surface area contributed by atoms with Crippen LogP contribution in [-0.2, 0) is 4.74 Å². The molecule has 0 amide bonds. The molecule has 0 spiro atoms. The first-order chi connectivity index (χ1) is 6.40. The van der Waals surface area contributed by atoms with E-state index in [0.717, 1.165) is 0 Å². The Morgan fingerprint density at radius 2 is 1.92 bits per heavy atom. The smallest absolute Gasteiger partial charge is 0.107 e. The predicted molar refractivity (Wildman–Crippen MR) is 54.3 cm³/mol. The molecule has 66 valence electrons. The maximum atomic E-state index is 5.28. The van der Waals surface area contributed by atoms with E-state index in [2.05, 4.69) is 30.9 Å². The normalized spacial score (nSPS) is 26.2. The minimum atomic E-state index is 0.236. The number of hydrogen-bond donors (Lipinski definition) is 0. The number of hydrogen-bond acceptors (Lipinski definition) is 1. The zero-order valence-electron chi connectivity index (χ0n) is 7.39. The quantitative estimate of drug-likeness (QED) is 0.504. The van der Waals surface area contributed by atoms with Gasteiger partial charge in [-0.25, -0.2) is 0 Å². The first-order valence-electron chi connectivity index (χ1n) is 4.41. The second-order valence-corrected chi connectivity index (χ2v) is 3.07. The van der Waals surface area contributed by atoms with Gasteiger partial charge >= 0.3 is 0 Å². The van der Waals surface area contributed by atoms with Crippen molar-refractivity contribution in [2.45, 2.75) is 12.2 Å². The molecule has 1 saturated heterocycles. The topological polar surface area (TPSA) is 12.5 Å². The molecule has 0 N–H and O–H groups in total. The summed E-state index contributed by atoms with van der Waals surface area (Å²) in [5, 5.41) is 0. The highest BCUT2D eigenvalue weighted by atomic mass is 16.6. The van der Waals surface area contributed by atoms with Crippen molar-refractivity contribution in [1.82, 2.24) is 0 Å². The highest BCUT2D eigenvalue weighted by Gasteiger charge is 2.32. The zero-order valence-corrected chi connectivity index (χ0v) is 7.39. The average molecular weight is 172 g/mol. The van der Waals surface area contributed by atoms with E-state index in [4.69, 9.17) is 4.74 Å². The Hall–Kier alpha value is -1.34. The first kappa shape index (κ1) is 8.27. The van der Waals surface area contributed by atoms with E-state index in [9.17, 15) is 0 Å². The van der Waals surface area contributed by atoms with Crippen molar-refractivity contribution in [3.63, 3.8) is 0 Å². The minimum Gasteiger partial charge on any atom is -0.361 e. The van der Waals surface area contributed by atoms with Gasteiger partial charge in [-0.2, -0.15) is 0 Å². The van der Waals surface area contributed by atoms with E-state index >= 15 is 0 Å². The van der Waals surface area contributed by atoms with Gasteiger partial charge in [0.05, 0.1) is 0 Å². The second kappa shape index (κ2) is 3.58. The number of benzene rings is 1. The van der Waals surface area contributed by atoms with Gasteiger partial charge in [0.2, 0.25) is 0 Å². The highest BCUT2D eigenvalue weighted by molar-refractivity contribution is 5.50. The van der Waals surface area contributed by atoms with E-state index < -0.39 is 0 Å². The van der Waals surface area contributed by atoms with E-state index in [1.54, 1.807) is 0 Å². The lowest BCUT2D eigenvalue weighted by Gasteiger charge is -1.88. The molecule has 0 bridgehead atoms. The maximum Gasteiger partial charge on any atom is 0.107 e. The Bertz CT molecular complexity index is 313. The summed E-state index contributed by atoms with van der Waals surface area (Å²) in [7, 11) is 0. The molecular formula is C12H12O. The third-order valence-electron chi connectivity index (χ3n) is 2.07. The number of rotatable bonds is 3. The van der Waals surface area contributed by atoms with Gasteiger partial charge in [-0.15, -0.1) is 6.58 Å². The fraction of sp³-hybridized carbons (Fsp3) is 0.167. The fourth-order valence-corrected chi connectivity index (χ4v) is 1.25. The summed E-state index contributed by atoms with van der Waals surface area (Å²) in [4.78, 5) is 0. The molecule has 0 aromatic heterocycles. The fourth-order valence-electron chi connectivity index (χ4n) is 1.25. The lowest BCUT2D eigenvalue weighted by atomic mass is 10.2. The van der Waals surface area contributed by atoms with Crippen LogP contribution in [0.4, 0.5) is 0 Å². The van der Waals surface area contributed by atoms with Crippen molar-refractivity contribution in [2.75, 3.05) is 0 Å². The van der Waals surface area contributed by atoms with Crippen LogP contribution < -0.4 is 0 Å².